The van der Waals surface area contributed by atoms with Gasteiger partial charge in [0.1, 0.15) is 0 Å². The molecule has 0 saturated heterocycles. The van der Waals surface area contributed by atoms with Gasteiger partial charge in [-0.2, -0.15) is 0 Å². The zero-order valence-electron chi connectivity index (χ0n) is 9.62. The van der Waals surface area contributed by atoms with Gasteiger partial charge in [0.05, 0.1) is 0 Å². The summed E-state index contributed by atoms with van der Waals surface area (Å²) in [6, 6.07) is 7.10. The molecule has 1 aliphatic carbocycles. The minimum atomic E-state index is -0.0261. The lowest BCUT2D eigenvalue weighted by molar-refractivity contribution is 0.0908. The molecule has 3 nitrogen and oxygen atoms in total. The van der Waals surface area contributed by atoms with Crippen LogP contribution < -0.4 is 11.1 Å². The molecule has 1 amide bonds. The highest BCUT2D eigenvalue weighted by Crippen LogP contribution is 2.29. The lowest BCUT2D eigenvalue weighted by Crippen LogP contribution is -2.43. The Kier molecular flexibility index (Phi) is 2.86. The molecule has 1 fully saturated rings. The van der Waals surface area contributed by atoms with Crippen LogP contribution in [-0.4, -0.2) is 11.4 Å². The van der Waals surface area contributed by atoms with Crippen LogP contribution >= 0.6 is 0 Å². The van der Waals surface area contributed by atoms with E-state index in [2.05, 4.69) is 12.2 Å². The zero-order chi connectivity index (χ0) is 11.6. The third-order valence-corrected chi connectivity index (χ3v) is 3.27. The SMILES string of the molecule is CC1(NC(=O)c2cccc(N)c2)CCCC1. The highest BCUT2D eigenvalue weighted by atomic mass is 16.1. The quantitative estimate of drug-likeness (QED) is 0.748. The molecule has 2 rings (SSSR count). The molecule has 0 aliphatic heterocycles. The van der Waals surface area contributed by atoms with Crippen LogP contribution in [0.1, 0.15) is 43.0 Å². The second-order valence-corrected chi connectivity index (χ2v) is 4.85. The Morgan fingerprint density at radius 2 is 2.06 bits per heavy atom. The summed E-state index contributed by atoms with van der Waals surface area (Å²) >= 11 is 0. The van der Waals surface area contributed by atoms with Gasteiger partial charge in [-0.25, -0.2) is 0 Å². The lowest BCUT2D eigenvalue weighted by atomic mass is 10.00. The predicted octanol–water partition coefficient (Wildman–Crippen LogP) is 2.33. The van der Waals surface area contributed by atoms with Crippen LogP contribution in [0.4, 0.5) is 5.69 Å². The molecule has 16 heavy (non-hydrogen) atoms. The van der Waals surface area contributed by atoms with Crippen molar-refractivity contribution in [2.24, 2.45) is 0 Å². The molecule has 0 radical (unpaired) electrons. The normalized spacial score (nSPS) is 18.3. The van der Waals surface area contributed by atoms with E-state index in [4.69, 9.17) is 5.73 Å². The summed E-state index contributed by atoms with van der Waals surface area (Å²) in [4.78, 5) is 12.0. The van der Waals surface area contributed by atoms with Crippen molar-refractivity contribution in [3.05, 3.63) is 29.8 Å². The first-order valence-corrected chi connectivity index (χ1v) is 5.77. The van der Waals surface area contributed by atoms with Crippen molar-refractivity contribution in [3.8, 4) is 0 Å². The van der Waals surface area contributed by atoms with Crippen LogP contribution in [0.15, 0.2) is 24.3 Å². The second-order valence-electron chi connectivity index (χ2n) is 4.85. The highest BCUT2D eigenvalue weighted by molar-refractivity contribution is 5.95. The summed E-state index contributed by atoms with van der Waals surface area (Å²) < 4.78 is 0. The van der Waals surface area contributed by atoms with E-state index in [1.165, 1.54) is 12.8 Å². The molecule has 1 aromatic carbocycles. The Morgan fingerprint density at radius 1 is 1.38 bits per heavy atom. The fraction of sp³-hybridized carbons (Fsp3) is 0.462. The number of hydrogen-bond donors (Lipinski definition) is 2. The van der Waals surface area contributed by atoms with Gasteiger partial charge in [-0.3, -0.25) is 4.79 Å². The Labute approximate surface area is 96.0 Å². The minimum Gasteiger partial charge on any atom is -0.399 e. The Bertz CT molecular complexity index is 395. The summed E-state index contributed by atoms with van der Waals surface area (Å²) in [5.74, 6) is -0.0169. The molecule has 0 unspecified atom stereocenters. The monoisotopic (exact) mass is 218 g/mol. The van der Waals surface area contributed by atoms with Gasteiger partial charge in [0.25, 0.3) is 5.91 Å². The van der Waals surface area contributed by atoms with E-state index < -0.39 is 0 Å². The lowest BCUT2D eigenvalue weighted by Gasteiger charge is -2.25. The van der Waals surface area contributed by atoms with Gasteiger partial charge in [0, 0.05) is 16.8 Å². The summed E-state index contributed by atoms with van der Waals surface area (Å²) in [6.07, 6.45) is 4.55. The fourth-order valence-electron chi connectivity index (χ4n) is 2.31. The van der Waals surface area contributed by atoms with Gasteiger partial charge >= 0.3 is 0 Å². The van der Waals surface area contributed by atoms with Gasteiger partial charge < -0.3 is 11.1 Å². The average Bonchev–Trinajstić information content (AvgIpc) is 2.65. The molecule has 3 N–H and O–H groups in total. The van der Waals surface area contributed by atoms with Crippen LogP contribution in [0.3, 0.4) is 0 Å². The van der Waals surface area contributed by atoms with Crippen LogP contribution in [-0.2, 0) is 0 Å². The fourth-order valence-corrected chi connectivity index (χ4v) is 2.31. The molecule has 3 heteroatoms. The van der Waals surface area contributed by atoms with E-state index in [0.29, 0.717) is 11.3 Å². The maximum Gasteiger partial charge on any atom is 0.251 e. The van der Waals surface area contributed by atoms with E-state index in [0.717, 1.165) is 12.8 Å². The van der Waals surface area contributed by atoms with Crippen molar-refractivity contribution in [3.63, 3.8) is 0 Å². The summed E-state index contributed by atoms with van der Waals surface area (Å²) in [7, 11) is 0. The number of hydrogen-bond acceptors (Lipinski definition) is 2. The number of amides is 1. The first kappa shape index (κ1) is 11.0. The summed E-state index contributed by atoms with van der Waals surface area (Å²) in [5.41, 5.74) is 6.91. The van der Waals surface area contributed by atoms with Gasteiger partial charge in [-0.15, -0.1) is 0 Å². The third-order valence-electron chi connectivity index (χ3n) is 3.27. The molecule has 0 aromatic heterocycles. The first-order chi connectivity index (χ1) is 7.59. The van der Waals surface area contributed by atoms with Gasteiger partial charge in [0.2, 0.25) is 0 Å². The van der Waals surface area contributed by atoms with Crippen LogP contribution in [0.2, 0.25) is 0 Å². The number of nitrogens with one attached hydrogen (secondary N) is 1. The summed E-state index contributed by atoms with van der Waals surface area (Å²) in [5, 5.41) is 3.10. The average molecular weight is 218 g/mol. The van der Waals surface area contributed by atoms with Crippen LogP contribution in [0, 0.1) is 0 Å². The van der Waals surface area contributed by atoms with Gasteiger partial charge in [-0.1, -0.05) is 18.9 Å². The van der Waals surface area contributed by atoms with Gasteiger partial charge in [-0.05, 0) is 38.0 Å². The zero-order valence-corrected chi connectivity index (χ0v) is 9.62. The topological polar surface area (TPSA) is 55.1 Å². The molecule has 0 bridgehead atoms. The van der Waals surface area contributed by atoms with Crippen molar-refractivity contribution in [2.45, 2.75) is 38.1 Å². The number of anilines is 1. The molecular formula is C13H18N2O. The Balaban J connectivity index is 2.08. The smallest absolute Gasteiger partial charge is 0.251 e. The molecule has 1 aliphatic rings. The van der Waals surface area contributed by atoms with E-state index in [9.17, 15) is 4.79 Å². The minimum absolute atomic E-state index is 0.0169. The highest BCUT2D eigenvalue weighted by Gasteiger charge is 2.30. The molecular weight excluding hydrogens is 200 g/mol. The molecule has 0 heterocycles. The van der Waals surface area contributed by atoms with Crippen LogP contribution in [0.25, 0.3) is 0 Å². The van der Waals surface area contributed by atoms with Crippen molar-refractivity contribution in [1.29, 1.82) is 0 Å². The molecule has 0 spiro atoms. The Morgan fingerprint density at radius 3 is 2.69 bits per heavy atom. The standard InChI is InChI=1S/C13H18N2O/c1-13(7-2-3-8-13)15-12(16)10-5-4-6-11(14)9-10/h4-6,9H,2-3,7-8,14H2,1H3,(H,15,16). The number of carbonyl (C=O) groups excluding carboxylic acids is 1. The number of benzene rings is 1. The van der Waals surface area contributed by atoms with E-state index in [1.807, 2.05) is 0 Å². The maximum atomic E-state index is 12.0. The number of rotatable bonds is 2. The second kappa shape index (κ2) is 4.16. The van der Waals surface area contributed by atoms with Gasteiger partial charge in [0.15, 0.2) is 0 Å². The van der Waals surface area contributed by atoms with Crippen LogP contribution in [0.5, 0.6) is 0 Å². The third kappa shape index (κ3) is 2.35. The van der Waals surface area contributed by atoms with E-state index in [-0.39, 0.29) is 11.4 Å². The number of nitrogen functional groups attached to an aromatic ring is 1. The molecule has 1 saturated carbocycles. The molecule has 0 atom stereocenters. The maximum absolute atomic E-state index is 12.0. The number of nitrogens with two attached hydrogens (primary N) is 1. The first-order valence-electron chi connectivity index (χ1n) is 5.77. The largest absolute Gasteiger partial charge is 0.399 e. The van der Waals surface area contributed by atoms with Crippen molar-refractivity contribution in [2.75, 3.05) is 5.73 Å². The van der Waals surface area contributed by atoms with E-state index >= 15 is 0 Å². The molecule has 86 valence electrons. The summed E-state index contributed by atoms with van der Waals surface area (Å²) in [6.45, 7) is 2.12. The Hall–Kier alpha value is -1.51. The van der Waals surface area contributed by atoms with Crippen molar-refractivity contribution < 1.29 is 4.79 Å². The predicted molar refractivity (Wildman–Crippen MR) is 65.2 cm³/mol. The van der Waals surface area contributed by atoms with E-state index in [1.54, 1.807) is 24.3 Å². The number of carbonyl (C=O) groups is 1. The molecule has 1 aromatic rings. The van der Waals surface area contributed by atoms with Crippen molar-refractivity contribution in [1.82, 2.24) is 5.32 Å². The van der Waals surface area contributed by atoms with Crippen molar-refractivity contribution >= 4 is 11.6 Å².